The zero-order valence-electron chi connectivity index (χ0n) is 8.63. The SMILES string of the molecule is CC#CCCC(NN)c1ncccc1F. The Morgan fingerprint density at radius 3 is 3.07 bits per heavy atom. The normalized spacial score (nSPS) is 11.7. The lowest BCUT2D eigenvalue weighted by atomic mass is 10.1. The molecule has 1 aromatic rings. The Morgan fingerprint density at radius 1 is 1.67 bits per heavy atom. The van der Waals surface area contributed by atoms with Crippen LogP contribution in [0.15, 0.2) is 18.3 Å². The second kappa shape index (κ2) is 6.12. The number of hydrogen-bond acceptors (Lipinski definition) is 3. The maximum absolute atomic E-state index is 13.3. The molecule has 0 aliphatic carbocycles. The number of nitrogens with zero attached hydrogens (tertiary/aromatic N) is 1. The van der Waals surface area contributed by atoms with E-state index in [1.165, 1.54) is 6.07 Å². The van der Waals surface area contributed by atoms with Crippen molar-refractivity contribution in [2.75, 3.05) is 0 Å². The molecule has 0 fully saturated rings. The number of nitrogens with two attached hydrogens (primary N) is 1. The number of hydrazine groups is 1. The quantitative estimate of drug-likeness (QED) is 0.447. The summed E-state index contributed by atoms with van der Waals surface area (Å²) in [4.78, 5) is 3.96. The minimum atomic E-state index is -0.343. The number of pyridine rings is 1. The zero-order chi connectivity index (χ0) is 11.1. The fraction of sp³-hybridized carbons (Fsp3) is 0.364. The van der Waals surface area contributed by atoms with Crippen molar-refractivity contribution in [3.8, 4) is 11.8 Å². The monoisotopic (exact) mass is 207 g/mol. The zero-order valence-corrected chi connectivity index (χ0v) is 8.63. The number of aromatic nitrogens is 1. The van der Waals surface area contributed by atoms with Gasteiger partial charge in [-0.2, -0.15) is 0 Å². The molecule has 0 radical (unpaired) electrons. The molecule has 1 rings (SSSR count). The fourth-order valence-electron chi connectivity index (χ4n) is 1.29. The van der Waals surface area contributed by atoms with Gasteiger partial charge < -0.3 is 0 Å². The molecule has 0 aromatic carbocycles. The van der Waals surface area contributed by atoms with Crippen LogP contribution in [0.1, 0.15) is 31.5 Å². The molecule has 1 heterocycles. The van der Waals surface area contributed by atoms with E-state index in [2.05, 4.69) is 22.3 Å². The van der Waals surface area contributed by atoms with Crippen LogP contribution in [0.4, 0.5) is 4.39 Å². The molecule has 3 N–H and O–H groups in total. The van der Waals surface area contributed by atoms with Crippen molar-refractivity contribution in [3.05, 3.63) is 29.8 Å². The molecule has 0 amide bonds. The molecule has 1 aromatic heterocycles. The van der Waals surface area contributed by atoms with Gasteiger partial charge in [0.05, 0.1) is 11.7 Å². The first kappa shape index (κ1) is 11.6. The second-order valence-electron chi connectivity index (χ2n) is 3.06. The van der Waals surface area contributed by atoms with Crippen molar-refractivity contribution < 1.29 is 4.39 Å². The molecule has 0 bridgehead atoms. The molecule has 0 saturated heterocycles. The molecular formula is C11H14FN3. The van der Waals surface area contributed by atoms with Crippen LogP contribution < -0.4 is 11.3 Å². The van der Waals surface area contributed by atoms with Gasteiger partial charge in [-0.05, 0) is 25.5 Å². The van der Waals surface area contributed by atoms with E-state index in [1.807, 2.05) is 0 Å². The van der Waals surface area contributed by atoms with E-state index >= 15 is 0 Å². The average Bonchev–Trinajstić information content (AvgIpc) is 2.26. The van der Waals surface area contributed by atoms with Gasteiger partial charge in [0.1, 0.15) is 5.82 Å². The third kappa shape index (κ3) is 3.31. The summed E-state index contributed by atoms with van der Waals surface area (Å²) < 4.78 is 13.3. The van der Waals surface area contributed by atoms with Crippen molar-refractivity contribution in [1.29, 1.82) is 0 Å². The molecular weight excluding hydrogens is 193 g/mol. The highest BCUT2D eigenvalue weighted by Crippen LogP contribution is 2.17. The first-order valence-electron chi connectivity index (χ1n) is 4.75. The van der Waals surface area contributed by atoms with E-state index in [9.17, 15) is 4.39 Å². The lowest BCUT2D eigenvalue weighted by Crippen LogP contribution is -2.29. The second-order valence-corrected chi connectivity index (χ2v) is 3.06. The highest BCUT2D eigenvalue weighted by molar-refractivity contribution is 5.12. The molecule has 0 aliphatic heterocycles. The Bertz CT molecular complexity index is 368. The van der Waals surface area contributed by atoms with Gasteiger partial charge in [-0.15, -0.1) is 11.8 Å². The number of hydrogen-bond donors (Lipinski definition) is 2. The third-order valence-corrected chi connectivity index (χ3v) is 2.05. The van der Waals surface area contributed by atoms with Crippen LogP contribution in [-0.4, -0.2) is 4.98 Å². The van der Waals surface area contributed by atoms with E-state index in [0.29, 0.717) is 18.5 Å². The molecule has 80 valence electrons. The highest BCUT2D eigenvalue weighted by atomic mass is 19.1. The molecule has 4 heteroatoms. The Morgan fingerprint density at radius 2 is 2.47 bits per heavy atom. The van der Waals surface area contributed by atoms with Gasteiger partial charge in [0, 0.05) is 12.6 Å². The van der Waals surface area contributed by atoms with E-state index in [0.717, 1.165) is 0 Å². The summed E-state index contributed by atoms with van der Waals surface area (Å²) in [6.45, 7) is 1.77. The number of halogens is 1. The van der Waals surface area contributed by atoms with Crippen LogP contribution >= 0.6 is 0 Å². The maximum Gasteiger partial charge on any atom is 0.146 e. The Labute approximate surface area is 88.9 Å². The van der Waals surface area contributed by atoms with Crippen molar-refractivity contribution >= 4 is 0 Å². The summed E-state index contributed by atoms with van der Waals surface area (Å²) in [6.07, 6.45) is 2.86. The van der Waals surface area contributed by atoms with Gasteiger partial charge in [-0.1, -0.05) is 0 Å². The molecule has 0 aliphatic rings. The molecule has 0 spiro atoms. The van der Waals surface area contributed by atoms with E-state index in [-0.39, 0.29) is 11.9 Å². The molecule has 1 atom stereocenters. The predicted molar refractivity (Wildman–Crippen MR) is 56.9 cm³/mol. The van der Waals surface area contributed by atoms with Gasteiger partial charge in [0.15, 0.2) is 0 Å². The van der Waals surface area contributed by atoms with Crippen LogP contribution in [0.25, 0.3) is 0 Å². The Hall–Kier alpha value is -1.44. The molecule has 15 heavy (non-hydrogen) atoms. The van der Waals surface area contributed by atoms with Crippen LogP contribution in [0.5, 0.6) is 0 Å². The highest BCUT2D eigenvalue weighted by Gasteiger charge is 2.14. The summed E-state index contributed by atoms with van der Waals surface area (Å²) in [5.74, 6) is 10.7. The van der Waals surface area contributed by atoms with Crippen molar-refractivity contribution in [2.45, 2.75) is 25.8 Å². The first-order valence-corrected chi connectivity index (χ1v) is 4.75. The molecule has 0 saturated carbocycles. The van der Waals surface area contributed by atoms with Crippen molar-refractivity contribution in [2.24, 2.45) is 5.84 Å². The topological polar surface area (TPSA) is 50.9 Å². The third-order valence-electron chi connectivity index (χ3n) is 2.05. The fourth-order valence-corrected chi connectivity index (χ4v) is 1.29. The first-order chi connectivity index (χ1) is 7.29. The van der Waals surface area contributed by atoms with Gasteiger partial charge in [0.2, 0.25) is 0 Å². The van der Waals surface area contributed by atoms with Crippen LogP contribution in [0.2, 0.25) is 0 Å². The lowest BCUT2D eigenvalue weighted by Gasteiger charge is -2.14. The summed E-state index contributed by atoms with van der Waals surface area (Å²) in [6, 6.07) is 2.64. The lowest BCUT2D eigenvalue weighted by molar-refractivity contribution is 0.476. The molecule has 3 nitrogen and oxygen atoms in total. The summed E-state index contributed by atoms with van der Waals surface area (Å²) in [5.41, 5.74) is 2.89. The minimum Gasteiger partial charge on any atom is -0.271 e. The van der Waals surface area contributed by atoms with Gasteiger partial charge in [-0.3, -0.25) is 16.3 Å². The Balaban J connectivity index is 2.72. The van der Waals surface area contributed by atoms with Gasteiger partial charge >= 0.3 is 0 Å². The smallest absolute Gasteiger partial charge is 0.146 e. The summed E-state index contributed by atoms with van der Waals surface area (Å²) in [7, 11) is 0. The van der Waals surface area contributed by atoms with Crippen LogP contribution in [-0.2, 0) is 0 Å². The maximum atomic E-state index is 13.3. The predicted octanol–water partition coefficient (Wildman–Crippen LogP) is 1.53. The van der Waals surface area contributed by atoms with Crippen LogP contribution in [0, 0.1) is 17.7 Å². The van der Waals surface area contributed by atoms with E-state index < -0.39 is 0 Å². The van der Waals surface area contributed by atoms with Gasteiger partial charge in [-0.25, -0.2) is 4.39 Å². The number of nitrogens with one attached hydrogen (secondary N) is 1. The van der Waals surface area contributed by atoms with E-state index in [1.54, 1.807) is 19.2 Å². The average molecular weight is 207 g/mol. The minimum absolute atomic E-state index is 0.285. The van der Waals surface area contributed by atoms with E-state index in [4.69, 9.17) is 5.84 Å². The van der Waals surface area contributed by atoms with Crippen molar-refractivity contribution in [1.82, 2.24) is 10.4 Å². The van der Waals surface area contributed by atoms with Gasteiger partial charge in [0.25, 0.3) is 0 Å². The van der Waals surface area contributed by atoms with Crippen molar-refractivity contribution in [3.63, 3.8) is 0 Å². The largest absolute Gasteiger partial charge is 0.271 e. The Kier molecular flexibility index (Phi) is 4.75. The standard InChI is InChI=1S/C11H14FN3/c1-2-3-4-7-10(15-13)11-9(12)6-5-8-14-11/h5-6,8,10,15H,4,7,13H2,1H3. The number of rotatable bonds is 4. The van der Waals surface area contributed by atoms with Crippen LogP contribution in [0.3, 0.4) is 0 Å². The summed E-state index contributed by atoms with van der Waals surface area (Å²) in [5, 5.41) is 0. The molecule has 1 unspecified atom stereocenters. The summed E-state index contributed by atoms with van der Waals surface area (Å²) >= 11 is 0.